The Labute approximate surface area is 172 Å². The Kier molecular flexibility index (Phi) is 6.29. The van der Waals surface area contributed by atoms with Gasteiger partial charge in [-0.2, -0.15) is 4.31 Å². The number of ether oxygens (including phenoxy) is 1. The molecule has 2 aromatic carbocycles. The molecule has 29 heavy (non-hydrogen) atoms. The average Bonchev–Trinajstić information content (AvgIpc) is 3.23. The smallest absolute Gasteiger partial charge is 0.255 e. The lowest BCUT2D eigenvalue weighted by molar-refractivity contribution is 0.0936. The number of rotatable bonds is 6. The zero-order valence-corrected chi connectivity index (χ0v) is 18.2. The van der Waals surface area contributed by atoms with Crippen LogP contribution in [0, 0.1) is 13.8 Å². The molecule has 1 atom stereocenters. The van der Waals surface area contributed by atoms with Gasteiger partial charge in [-0.3, -0.25) is 4.79 Å². The Morgan fingerprint density at radius 3 is 2.41 bits per heavy atom. The minimum atomic E-state index is -3.61. The molecule has 1 fully saturated rings. The number of benzene rings is 2. The van der Waals surface area contributed by atoms with E-state index in [9.17, 15) is 13.2 Å². The number of carbonyl (C=O) groups is 1. The SMILES string of the molecule is COc1ccc(S(=O)(=O)N2CCCC2)cc1C(=O)N[C@@H](C)c1ccc(C)cc1C. The molecule has 0 saturated carbocycles. The van der Waals surface area contributed by atoms with Crippen LogP contribution in [0.1, 0.15) is 52.9 Å². The van der Waals surface area contributed by atoms with Gasteiger partial charge >= 0.3 is 0 Å². The van der Waals surface area contributed by atoms with Gasteiger partial charge < -0.3 is 10.1 Å². The summed E-state index contributed by atoms with van der Waals surface area (Å²) in [4.78, 5) is 13.1. The van der Waals surface area contributed by atoms with Gasteiger partial charge in [0.1, 0.15) is 5.75 Å². The standard InChI is InChI=1S/C22H28N2O4S/c1-15-7-9-19(16(2)13-15)17(3)23-22(25)20-14-18(8-10-21(20)28-4)29(26,27)24-11-5-6-12-24/h7-10,13-14,17H,5-6,11-12H2,1-4H3,(H,23,25)/t17-/m0/s1. The van der Waals surface area contributed by atoms with Crippen LogP contribution >= 0.6 is 0 Å². The van der Waals surface area contributed by atoms with Crippen molar-refractivity contribution in [1.29, 1.82) is 0 Å². The molecule has 0 radical (unpaired) electrons. The highest BCUT2D eigenvalue weighted by molar-refractivity contribution is 7.89. The normalized spacial score (nSPS) is 15.9. The summed E-state index contributed by atoms with van der Waals surface area (Å²) in [5.74, 6) is -0.0245. The Bertz CT molecular complexity index is 1010. The number of nitrogens with one attached hydrogen (secondary N) is 1. The summed E-state index contributed by atoms with van der Waals surface area (Å²) in [5, 5.41) is 2.97. The molecule has 0 aromatic heterocycles. The first-order valence-electron chi connectivity index (χ1n) is 9.80. The lowest BCUT2D eigenvalue weighted by Crippen LogP contribution is -2.29. The van der Waals surface area contributed by atoms with Crippen LogP contribution in [0.25, 0.3) is 0 Å². The van der Waals surface area contributed by atoms with Crippen LogP contribution in [-0.2, 0) is 10.0 Å². The fourth-order valence-electron chi connectivity index (χ4n) is 3.77. The van der Waals surface area contributed by atoms with Gasteiger partial charge in [0.25, 0.3) is 5.91 Å². The maximum absolute atomic E-state index is 13.0. The molecule has 1 aliphatic rings. The molecule has 1 heterocycles. The molecule has 1 aliphatic heterocycles. The lowest BCUT2D eigenvalue weighted by atomic mass is 10.00. The van der Waals surface area contributed by atoms with E-state index >= 15 is 0 Å². The van der Waals surface area contributed by atoms with Crippen molar-refractivity contribution in [2.45, 2.75) is 44.6 Å². The van der Waals surface area contributed by atoms with Crippen LogP contribution in [0.3, 0.4) is 0 Å². The number of hydrogen-bond donors (Lipinski definition) is 1. The highest BCUT2D eigenvalue weighted by Gasteiger charge is 2.29. The van der Waals surface area contributed by atoms with Crippen LogP contribution in [0.15, 0.2) is 41.3 Å². The Morgan fingerprint density at radius 2 is 1.79 bits per heavy atom. The van der Waals surface area contributed by atoms with Crippen molar-refractivity contribution in [2.24, 2.45) is 0 Å². The topological polar surface area (TPSA) is 75.7 Å². The molecule has 0 bridgehead atoms. The highest BCUT2D eigenvalue weighted by atomic mass is 32.2. The van der Waals surface area contributed by atoms with Gasteiger partial charge in [0, 0.05) is 13.1 Å². The zero-order valence-electron chi connectivity index (χ0n) is 17.4. The van der Waals surface area contributed by atoms with Gasteiger partial charge in [-0.05, 0) is 62.9 Å². The predicted molar refractivity (Wildman–Crippen MR) is 113 cm³/mol. The number of hydrogen-bond acceptors (Lipinski definition) is 4. The molecule has 7 heteroatoms. The van der Waals surface area contributed by atoms with Crippen LogP contribution in [-0.4, -0.2) is 38.8 Å². The molecule has 2 aromatic rings. The summed E-state index contributed by atoms with van der Waals surface area (Å²) in [6, 6.07) is 10.3. The van der Waals surface area contributed by atoms with Crippen molar-refractivity contribution < 1.29 is 17.9 Å². The molecule has 0 spiro atoms. The van der Waals surface area contributed by atoms with Crippen LogP contribution in [0.5, 0.6) is 5.75 Å². The minimum absolute atomic E-state index is 0.115. The number of nitrogens with zero attached hydrogens (tertiary/aromatic N) is 1. The van der Waals surface area contributed by atoms with Gasteiger partial charge in [0.15, 0.2) is 0 Å². The fraction of sp³-hybridized carbons (Fsp3) is 0.409. The molecular weight excluding hydrogens is 388 g/mol. The summed E-state index contributed by atoms with van der Waals surface area (Å²) in [6.07, 6.45) is 1.71. The highest BCUT2D eigenvalue weighted by Crippen LogP contribution is 2.27. The number of amides is 1. The second kappa shape index (κ2) is 8.55. The summed E-state index contributed by atoms with van der Waals surface area (Å²) in [6.45, 7) is 6.97. The summed E-state index contributed by atoms with van der Waals surface area (Å²) >= 11 is 0. The monoisotopic (exact) mass is 416 g/mol. The zero-order chi connectivity index (χ0) is 21.2. The molecule has 156 valence electrons. The summed E-state index contributed by atoms with van der Waals surface area (Å²) in [7, 11) is -2.15. The minimum Gasteiger partial charge on any atom is -0.496 e. The number of methoxy groups -OCH3 is 1. The first kappa shape index (κ1) is 21.3. The molecule has 1 amide bonds. The van der Waals surface area contributed by atoms with Gasteiger partial charge in [-0.1, -0.05) is 23.8 Å². The van der Waals surface area contributed by atoms with Crippen molar-refractivity contribution >= 4 is 15.9 Å². The van der Waals surface area contributed by atoms with Gasteiger partial charge in [-0.15, -0.1) is 0 Å². The lowest BCUT2D eigenvalue weighted by Gasteiger charge is -2.19. The summed E-state index contributed by atoms with van der Waals surface area (Å²) < 4.78 is 32.5. The third-order valence-electron chi connectivity index (χ3n) is 5.36. The first-order valence-corrected chi connectivity index (χ1v) is 11.2. The van der Waals surface area contributed by atoms with E-state index < -0.39 is 10.0 Å². The second-order valence-corrected chi connectivity index (χ2v) is 9.47. The average molecular weight is 417 g/mol. The molecule has 6 nitrogen and oxygen atoms in total. The molecule has 0 aliphatic carbocycles. The van der Waals surface area contributed by atoms with E-state index in [0.29, 0.717) is 18.8 Å². The predicted octanol–water partition coefficient (Wildman–Crippen LogP) is 3.59. The van der Waals surface area contributed by atoms with Crippen molar-refractivity contribution in [1.82, 2.24) is 9.62 Å². The maximum Gasteiger partial charge on any atom is 0.255 e. The Balaban J connectivity index is 1.89. The Morgan fingerprint density at radius 1 is 1.10 bits per heavy atom. The van der Waals surface area contributed by atoms with Crippen LogP contribution in [0.4, 0.5) is 0 Å². The third-order valence-corrected chi connectivity index (χ3v) is 7.25. The van der Waals surface area contributed by atoms with E-state index in [-0.39, 0.29) is 22.4 Å². The molecule has 0 unspecified atom stereocenters. The number of carbonyl (C=O) groups excluding carboxylic acids is 1. The van der Waals surface area contributed by atoms with Crippen molar-refractivity contribution in [3.05, 3.63) is 58.7 Å². The number of aryl methyl sites for hydroxylation is 2. The van der Waals surface area contributed by atoms with Crippen LogP contribution in [0.2, 0.25) is 0 Å². The van der Waals surface area contributed by atoms with Gasteiger partial charge in [0.2, 0.25) is 10.0 Å². The third kappa shape index (κ3) is 4.46. The molecule has 3 rings (SSSR count). The molecular formula is C22H28N2O4S. The Hall–Kier alpha value is -2.38. The van der Waals surface area contributed by atoms with Crippen molar-refractivity contribution in [3.63, 3.8) is 0 Å². The van der Waals surface area contributed by atoms with Gasteiger partial charge in [-0.25, -0.2) is 8.42 Å². The van der Waals surface area contributed by atoms with E-state index in [2.05, 4.69) is 11.4 Å². The quantitative estimate of drug-likeness (QED) is 0.781. The largest absolute Gasteiger partial charge is 0.496 e. The van der Waals surface area contributed by atoms with Crippen molar-refractivity contribution in [2.75, 3.05) is 20.2 Å². The van der Waals surface area contributed by atoms with Crippen LogP contribution < -0.4 is 10.1 Å². The van der Waals surface area contributed by atoms with E-state index in [1.54, 1.807) is 6.07 Å². The van der Waals surface area contributed by atoms with Crippen molar-refractivity contribution in [3.8, 4) is 5.75 Å². The fourth-order valence-corrected chi connectivity index (χ4v) is 5.31. The van der Waals surface area contributed by atoms with E-state index in [4.69, 9.17) is 4.74 Å². The maximum atomic E-state index is 13.0. The van der Waals surface area contributed by atoms with E-state index in [1.165, 1.54) is 23.5 Å². The van der Waals surface area contributed by atoms with E-state index in [1.807, 2.05) is 32.9 Å². The second-order valence-electron chi connectivity index (χ2n) is 7.53. The summed E-state index contributed by atoms with van der Waals surface area (Å²) in [5.41, 5.74) is 3.48. The molecule has 1 saturated heterocycles. The van der Waals surface area contributed by atoms with Gasteiger partial charge in [0.05, 0.1) is 23.6 Å². The first-order chi connectivity index (χ1) is 13.7. The van der Waals surface area contributed by atoms with E-state index in [0.717, 1.165) is 29.5 Å². The number of sulfonamides is 1. The molecule has 1 N–H and O–H groups in total.